The summed E-state index contributed by atoms with van der Waals surface area (Å²) in [5.74, 6) is -0.622. The van der Waals surface area contributed by atoms with Crippen LogP contribution in [0.5, 0.6) is 5.75 Å². The first-order chi connectivity index (χ1) is 15.7. The van der Waals surface area contributed by atoms with Gasteiger partial charge < -0.3 is 19.4 Å². The monoisotopic (exact) mass is 449 g/mol. The third-order valence-electron chi connectivity index (χ3n) is 5.45. The van der Waals surface area contributed by atoms with Crippen LogP contribution < -0.4 is 10.1 Å². The second-order valence-electron chi connectivity index (χ2n) is 8.38. The van der Waals surface area contributed by atoms with Crippen molar-refractivity contribution in [3.05, 3.63) is 52.4 Å². The van der Waals surface area contributed by atoms with Crippen LogP contribution in [0.1, 0.15) is 47.6 Å². The fraction of sp³-hybridized carbons (Fsp3) is 0.360. The molecule has 0 unspecified atom stereocenters. The second kappa shape index (κ2) is 10.2. The predicted molar refractivity (Wildman–Crippen MR) is 123 cm³/mol. The summed E-state index contributed by atoms with van der Waals surface area (Å²) in [6.07, 6.45) is 2.51. The SMILES string of the molecule is Cc1cc(/C=C(\C#N)C(=O)OCC(=O)c2ccc3c(c2)NC(=O)CO3)c(C)n1CCC(C)C. The van der Waals surface area contributed by atoms with Gasteiger partial charge in [-0.05, 0) is 62.1 Å². The number of fused-ring (bicyclic) bond motifs is 1. The van der Waals surface area contributed by atoms with Crippen molar-refractivity contribution >= 4 is 29.4 Å². The Morgan fingerprint density at radius 3 is 2.76 bits per heavy atom. The maximum absolute atomic E-state index is 12.5. The number of nitrogens with zero attached hydrogens (tertiary/aromatic N) is 2. The molecule has 0 spiro atoms. The Kier molecular flexibility index (Phi) is 7.34. The van der Waals surface area contributed by atoms with Crippen LogP contribution in [0.4, 0.5) is 5.69 Å². The lowest BCUT2D eigenvalue weighted by molar-refractivity contribution is -0.137. The molecule has 0 saturated carbocycles. The van der Waals surface area contributed by atoms with Crippen molar-refractivity contribution < 1.29 is 23.9 Å². The van der Waals surface area contributed by atoms with E-state index in [0.717, 1.165) is 29.9 Å². The number of benzene rings is 1. The molecule has 1 aromatic heterocycles. The Bertz CT molecular complexity index is 1170. The third kappa shape index (κ3) is 5.69. The van der Waals surface area contributed by atoms with Crippen LogP contribution in [0.25, 0.3) is 6.08 Å². The summed E-state index contributed by atoms with van der Waals surface area (Å²) in [5, 5.41) is 12.1. The van der Waals surface area contributed by atoms with Crippen molar-refractivity contribution in [3.63, 3.8) is 0 Å². The van der Waals surface area contributed by atoms with Gasteiger partial charge in [0.05, 0.1) is 5.69 Å². The number of ether oxygens (including phenoxy) is 2. The number of amides is 1. The van der Waals surface area contributed by atoms with E-state index in [9.17, 15) is 19.6 Å². The van der Waals surface area contributed by atoms with Crippen LogP contribution in [-0.2, 0) is 20.9 Å². The van der Waals surface area contributed by atoms with Crippen LogP contribution in [-0.4, -0.2) is 35.4 Å². The molecule has 8 nitrogen and oxygen atoms in total. The van der Waals surface area contributed by atoms with E-state index in [2.05, 4.69) is 23.7 Å². The van der Waals surface area contributed by atoms with Gasteiger partial charge in [-0.25, -0.2) is 4.79 Å². The van der Waals surface area contributed by atoms with E-state index in [-0.39, 0.29) is 23.7 Å². The number of nitriles is 1. The molecule has 1 amide bonds. The first-order valence-corrected chi connectivity index (χ1v) is 10.7. The van der Waals surface area contributed by atoms with Crippen molar-refractivity contribution in [2.75, 3.05) is 18.5 Å². The van der Waals surface area contributed by atoms with E-state index < -0.39 is 18.4 Å². The van der Waals surface area contributed by atoms with Crippen LogP contribution in [0.3, 0.4) is 0 Å². The Morgan fingerprint density at radius 1 is 1.30 bits per heavy atom. The fourth-order valence-corrected chi connectivity index (χ4v) is 3.55. The first kappa shape index (κ1) is 23.8. The molecule has 0 radical (unpaired) electrons. The number of carbonyl (C=O) groups excluding carboxylic acids is 3. The number of ketones is 1. The highest BCUT2D eigenvalue weighted by Crippen LogP contribution is 2.28. The molecule has 0 aliphatic carbocycles. The summed E-state index contributed by atoms with van der Waals surface area (Å²) in [6, 6.07) is 8.36. The highest BCUT2D eigenvalue weighted by molar-refractivity contribution is 6.03. The van der Waals surface area contributed by atoms with E-state index in [1.165, 1.54) is 18.2 Å². The van der Waals surface area contributed by atoms with Crippen molar-refractivity contribution in [1.82, 2.24) is 4.57 Å². The number of aryl methyl sites for hydroxylation is 1. The van der Waals surface area contributed by atoms with Crippen LogP contribution in [0.15, 0.2) is 29.8 Å². The Morgan fingerprint density at radius 2 is 2.06 bits per heavy atom. The van der Waals surface area contributed by atoms with Crippen molar-refractivity contribution in [2.24, 2.45) is 5.92 Å². The molecule has 2 heterocycles. The highest BCUT2D eigenvalue weighted by Gasteiger charge is 2.20. The summed E-state index contributed by atoms with van der Waals surface area (Å²) < 4.78 is 12.5. The molecule has 0 bridgehead atoms. The molecule has 8 heteroatoms. The van der Waals surface area contributed by atoms with Gasteiger partial charge in [-0.15, -0.1) is 0 Å². The van der Waals surface area contributed by atoms with Gasteiger partial charge in [0.2, 0.25) is 0 Å². The summed E-state index contributed by atoms with van der Waals surface area (Å²) in [7, 11) is 0. The van der Waals surface area contributed by atoms with Crippen LogP contribution in [0.2, 0.25) is 0 Å². The van der Waals surface area contributed by atoms with E-state index in [1.807, 2.05) is 26.0 Å². The fourth-order valence-electron chi connectivity index (χ4n) is 3.55. The first-order valence-electron chi connectivity index (χ1n) is 10.7. The standard InChI is InChI=1S/C25H27N3O5/c1-15(2)7-8-28-16(3)9-19(17(28)4)10-20(12-26)25(31)33-13-22(29)18-5-6-23-21(11-18)27-24(30)14-32-23/h5-6,9-11,15H,7-8,13-14H2,1-4H3,(H,27,30)/b20-10+. The summed E-state index contributed by atoms with van der Waals surface area (Å²) in [5.41, 5.74) is 3.23. The molecule has 0 saturated heterocycles. The number of anilines is 1. The zero-order valence-corrected chi connectivity index (χ0v) is 19.2. The number of esters is 1. The third-order valence-corrected chi connectivity index (χ3v) is 5.45. The minimum Gasteiger partial charge on any atom is -0.482 e. The van der Waals surface area contributed by atoms with Gasteiger partial charge in [0.1, 0.15) is 17.4 Å². The van der Waals surface area contributed by atoms with E-state index in [0.29, 0.717) is 17.4 Å². The van der Waals surface area contributed by atoms with Gasteiger partial charge in [0, 0.05) is 23.5 Å². The molecular formula is C25H27N3O5. The van der Waals surface area contributed by atoms with Gasteiger partial charge in [-0.2, -0.15) is 5.26 Å². The maximum atomic E-state index is 12.5. The average molecular weight is 450 g/mol. The molecule has 1 aliphatic rings. The Hall–Kier alpha value is -3.86. The Balaban J connectivity index is 1.68. The van der Waals surface area contributed by atoms with Gasteiger partial charge in [0.25, 0.3) is 5.91 Å². The van der Waals surface area contributed by atoms with Crippen LogP contribution in [0, 0.1) is 31.1 Å². The topological polar surface area (TPSA) is 110 Å². The minimum absolute atomic E-state index is 0.0821. The molecule has 0 atom stereocenters. The van der Waals surface area contributed by atoms with E-state index >= 15 is 0 Å². The number of carbonyl (C=O) groups is 3. The van der Waals surface area contributed by atoms with Crippen LogP contribution >= 0.6 is 0 Å². The normalized spacial score (nSPS) is 13.1. The van der Waals surface area contributed by atoms with Crippen molar-refractivity contribution in [2.45, 2.75) is 40.7 Å². The second-order valence-corrected chi connectivity index (χ2v) is 8.38. The van der Waals surface area contributed by atoms with Gasteiger partial charge in [-0.3, -0.25) is 9.59 Å². The van der Waals surface area contributed by atoms with Gasteiger partial charge >= 0.3 is 5.97 Å². The van der Waals surface area contributed by atoms with Crippen molar-refractivity contribution in [1.29, 1.82) is 5.26 Å². The molecular weight excluding hydrogens is 422 g/mol. The summed E-state index contributed by atoms with van der Waals surface area (Å²) >= 11 is 0. The molecule has 1 N–H and O–H groups in total. The smallest absolute Gasteiger partial charge is 0.349 e. The number of aromatic nitrogens is 1. The summed E-state index contributed by atoms with van der Waals surface area (Å²) in [6.45, 7) is 8.50. The largest absolute Gasteiger partial charge is 0.482 e. The lowest BCUT2D eigenvalue weighted by Gasteiger charge is -2.18. The lowest BCUT2D eigenvalue weighted by Crippen LogP contribution is -2.25. The molecule has 0 fully saturated rings. The van der Waals surface area contributed by atoms with Crippen molar-refractivity contribution in [3.8, 4) is 11.8 Å². The molecule has 3 rings (SSSR count). The number of hydrogen-bond acceptors (Lipinski definition) is 6. The van der Waals surface area contributed by atoms with Gasteiger partial charge in [0.15, 0.2) is 19.0 Å². The summed E-state index contributed by atoms with van der Waals surface area (Å²) in [4.78, 5) is 36.4. The minimum atomic E-state index is -0.868. The number of nitrogens with one attached hydrogen (secondary N) is 1. The predicted octanol–water partition coefficient (Wildman–Crippen LogP) is 3.82. The molecule has 172 valence electrons. The molecule has 33 heavy (non-hydrogen) atoms. The zero-order valence-electron chi connectivity index (χ0n) is 19.2. The number of Topliss-reactive ketones (excluding diaryl/α,β-unsaturated/α-hetero) is 1. The average Bonchev–Trinajstić information content (AvgIpc) is 3.05. The van der Waals surface area contributed by atoms with Gasteiger partial charge in [-0.1, -0.05) is 13.8 Å². The van der Waals surface area contributed by atoms with E-state index in [1.54, 1.807) is 6.07 Å². The number of rotatable bonds is 8. The molecule has 1 aromatic carbocycles. The Labute approximate surface area is 192 Å². The lowest BCUT2D eigenvalue weighted by atomic mass is 10.1. The van der Waals surface area contributed by atoms with E-state index in [4.69, 9.17) is 9.47 Å². The maximum Gasteiger partial charge on any atom is 0.349 e. The molecule has 1 aliphatic heterocycles. The highest BCUT2D eigenvalue weighted by atomic mass is 16.5. The zero-order chi connectivity index (χ0) is 24.1. The number of hydrogen-bond donors (Lipinski definition) is 1. The quantitative estimate of drug-likeness (QED) is 0.284. The molecule has 2 aromatic rings.